The summed E-state index contributed by atoms with van der Waals surface area (Å²) >= 11 is 0. The van der Waals surface area contributed by atoms with Gasteiger partial charge in [0.1, 0.15) is 0 Å². The summed E-state index contributed by atoms with van der Waals surface area (Å²) in [5, 5.41) is 3.25. The summed E-state index contributed by atoms with van der Waals surface area (Å²) in [4.78, 5) is 0. The second kappa shape index (κ2) is 7.42. The first-order valence-corrected chi connectivity index (χ1v) is 6.98. The summed E-state index contributed by atoms with van der Waals surface area (Å²) < 4.78 is 37.4. The minimum absolute atomic E-state index is 0. The molecular formula is C9H20ClFN2O2S. The Hall–Kier alpha value is 0.0900. The molecule has 4 nitrogen and oxygen atoms in total. The molecule has 0 aliphatic carbocycles. The lowest BCUT2D eigenvalue weighted by Gasteiger charge is -2.28. The predicted molar refractivity (Wildman–Crippen MR) is 65.2 cm³/mol. The van der Waals surface area contributed by atoms with Crippen LogP contribution in [0.1, 0.15) is 26.2 Å². The van der Waals surface area contributed by atoms with E-state index in [1.807, 2.05) is 6.92 Å². The zero-order valence-corrected chi connectivity index (χ0v) is 11.0. The third-order valence-corrected chi connectivity index (χ3v) is 4.04. The van der Waals surface area contributed by atoms with E-state index >= 15 is 0 Å². The maximum Gasteiger partial charge on any atom is 0.211 e. The fourth-order valence-electron chi connectivity index (χ4n) is 1.80. The summed E-state index contributed by atoms with van der Waals surface area (Å²) in [7, 11) is -3.28. The summed E-state index contributed by atoms with van der Waals surface area (Å²) in [6.07, 6.45) is 1.68. The zero-order chi connectivity index (χ0) is 11.3. The van der Waals surface area contributed by atoms with E-state index in [1.54, 1.807) is 0 Å². The number of hydrogen-bond acceptors (Lipinski definition) is 3. The Balaban J connectivity index is 0.00000225. The Morgan fingerprint density at radius 3 is 2.75 bits per heavy atom. The van der Waals surface area contributed by atoms with Crippen LogP contribution in [0.4, 0.5) is 4.39 Å². The molecule has 16 heavy (non-hydrogen) atoms. The molecule has 0 bridgehead atoms. The third-order valence-electron chi connectivity index (χ3n) is 2.52. The van der Waals surface area contributed by atoms with E-state index in [0.717, 1.165) is 19.4 Å². The van der Waals surface area contributed by atoms with Gasteiger partial charge in [-0.25, -0.2) is 13.1 Å². The molecule has 2 atom stereocenters. The zero-order valence-electron chi connectivity index (χ0n) is 9.41. The van der Waals surface area contributed by atoms with Gasteiger partial charge in [-0.1, -0.05) is 0 Å². The normalized spacial score (nSPS) is 26.1. The van der Waals surface area contributed by atoms with Crippen molar-refractivity contribution in [2.75, 3.05) is 19.0 Å². The standard InChI is InChI=1S/C9H19FN2O2S.ClH/c1-8-7-9(3-5-11-8)12-15(13,14)6-2-4-10;/h8-9,11-12H,2-7H2,1H3;1H. The lowest BCUT2D eigenvalue weighted by atomic mass is 10.0. The van der Waals surface area contributed by atoms with E-state index in [2.05, 4.69) is 10.0 Å². The Kier molecular flexibility index (Phi) is 7.46. The Morgan fingerprint density at radius 1 is 1.50 bits per heavy atom. The van der Waals surface area contributed by atoms with Gasteiger partial charge in [0.15, 0.2) is 0 Å². The lowest BCUT2D eigenvalue weighted by Crippen LogP contribution is -2.47. The average molecular weight is 275 g/mol. The van der Waals surface area contributed by atoms with Gasteiger partial charge in [0, 0.05) is 12.1 Å². The highest BCUT2D eigenvalue weighted by molar-refractivity contribution is 7.89. The van der Waals surface area contributed by atoms with Crippen LogP contribution in [0.5, 0.6) is 0 Å². The van der Waals surface area contributed by atoms with Crippen molar-refractivity contribution in [3.8, 4) is 0 Å². The molecule has 2 unspecified atom stereocenters. The average Bonchev–Trinajstić information content (AvgIpc) is 2.14. The summed E-state index contributed by atoms with van der Waals surface area (Å²) in [6, 6.07) is 0.346. The number of halogens is 2. The first kappa shape index (κ1) is 16.1. The fraction of sp³-hybridized carbons (Fsp3) is 1.00. The van der Waals surface area contributed by atoms with Gasteiger partial charge >= 0.3 is 0 Å². The molecule has 0 amide bonds. The van der Waals surface area contributed by atoms with E-state index in [-0.39, 0.29) is 30.6 Å². The monoisotopic (exact) mass is 274 g/mol. The van der Waals surface area contributed by atoms with Gasteiger partial charge in [0.2, 0.25) is 10.0 Å². The highest BCUT2D eigenvalue weighted by Gasteiger charge is 2.22. The van der Waals surface area contributed by atoms with E-state index in [9.17, 15) is 12.8 Å². The van der Waals surface area contributed by atoms with Crippen LogP contribution in [-0.2, 0) is 10.0 Å². The van der Waals surface area contributed by atoms with E-state index in [4.69, 9.17) is 0 Å². The van der Waals surface area contributed by atoms with Crippen LogP contribution in [0.2, 0.25) is 0 Å². The Morgan fingerprint density at radius 2 is 2.19 bits per heavy atom. The quantitative estimate of drug-likeness (QED) is 0.781. The summed E-state index contributed by atoms with van der Waals surface area (Å²) in [6.45, 7) is 2.28. The van der Waals surface area contributed by atoms with Gasteiger partial charge < -0.3 is 5.32 Å². The molecule has 0 radical (unpaired) electrons. The molecule has 0 aromatic rings. The van der Waals surface area contributed by atoms with Crippen LogP contribution in [-0.4, -0.2) is 39.5 Å². The van der Waals surface area contributed by atoms with Gasteiger partial charge in [-0.15, -0.1) is 12.4 Å². The SMILES string of the molecule is CC1CC(NS(=O)(=O)CCCF)CCN1.Cl. The minimum Gasteiger partial charge on any atom is -0.314 e. The molecule has 0 spiro atoms. The number of hydrogen-bond donors (Lipinski definition) is 2. The van der Waals surface area contributed by atoms with Crippen LogP contribution < -0.4 is 10.0 Å². The van der Waals surface area contributed by atoms with Crippen molar-refractivity contribution >= 4 is 22.4 Å². The molecular weight excluding hydrogens is 255 g/mol. The van der Waals surface area contributed by atoms with Crippen LogP contribution in [0.15, 0.2) is 0 Å². The fourth-order valence-corrected chi connectivity index (χ4v) is 3.13. The number of sulfonamides is 1. The number of piperidine rings is 1. The molecule has 1 heterocycles. The number of rotatable bonds is 5. The second-order valence-electron chi connectivity index (χ2n) is 4.06. The third kappa shape index (κ3) is 5.98. The molecule has 0 aromatic heterocycles. The van der Waals surface area contributed by atoms with Gasteiger partial charge in [0.05, 0.1) is 12.4 Å². The smallest absolute Gasteiger partial charge is 0.211 e. The first-order valence-electron chi connectivity index (χ1n) is 5.33. The summed E-state index contributed by atoms with van der Waals surface area (Å²) in [5.41, 5.74) is 0. The molecule has 7 heteroatoms. The molecule has 2 N–H and O–H groups in total. The second-order valence-corrected chi connectivity index (χ2v) is 5.93. The number of nitrogens with one attached hydrogen (secondary N) is 2. The predicted octanol–water partition coefficient (Wildman–Crippen LogP) is 0.828. The molecule has 1 rings (SSSR count). The van der Waals surface area contributed by atoms with Crippen molar-refractivity contribution in [3.63, 3.8) is 0 Å². The molecule has 1 saturated heterocycles. The van der Waals surface area contributed by atoms with Crippen LogP contribution >= 0.6 is 12.4 Å². The van der Waals surface area contributed by atoms with Gasteiger partial charge in [-0.05, 0) is 32.7 Å². The minimum atomic E-state index is -3.28. The largest absolute Gasteiger partial charge is 0.314 e. The van der Waals surface area contributed by atoms with Crippen LogP contribution in [0, 0.1) is 0 Å². The lowest BCUT2D eigenvalue weighted by molar-refractivity contribution is 0.361. The van der Waals surface area contributed by atoms with Gasteiger partial charge in [-0.2, -0.15) is 0 Å². The highest BCUT2D eigenvalue weighted by Crippen LogP contribution is 2.09. The van der Waals surface area contributed by atoms with Gasteiger partial charge in [-0.3, -0.25) is 4.39 Å². The highest BCUT2D eigenvalue weighted by atomic mass is 35.5. The maximum atomic E-state index is 11.9. The Labute approximate surface area is 103 Å². The van der Waals surface area contributed by atoms with Crippen LogP contribution in [0.25, 0.3) is 0 Å². The van der Waals surface area contributed by atoms with E-state index < -0.39 is 16.7 Å². The molecule has 0 aromatic carbocycles. The van der Waals surface area contributed by atoms with Crippen molar-refractivity contribution in [1.82, 2.24) is 10.0 Å². The molecule has 1 aliphatic heterocycles. The molecule has 1 aliphatic rings. The molecule has 0 saturated carbocycles. The molecule has 98 valence electrons. The summed E-state index contributed by atoms with van der Waals surface area (Å²) in [5.74, 6) is -0.109. The van der Waals surface area contributed by atoms with Crippen molar-refractivity contribution in [2.45, 2.75) is 38.3 Å². The van der Waals surface area contributed by atoms with Crippen molar-refractivity contribution < 1.29 is 12.8 Å². The van der Waals surface area contributed by atoms with Crippen molar-refractivity contribution in [3.05, 3.63) is 0 Å². The van der Waals surface area contributed by atoms with Crippen LogP contribution in [0.3, 0.4) is 0 Å². The van der Waals surface area contributed by atoms with E-state index in [0.29, 0.717) is 6.04 Å². The molecule has 1 fully saturated rings. The van der Waals surface area contributed by atoms with Crippen molar-refractivity contribution in [2.24, 2.45) is 0 Å². The van der Waals surface area contributed by atoms with Crippen molar-refractivity contribution in [1.29, 1.82) is 0 Å². The Bertz CT molecular complexity index is 287. The maximum absolute atomic E-state index is 11.9. The van der Waals surface area contributed by atoms with Gasteiger partial charge in [0.25, 0.3) is 0 Å². The van der Waals surface area contributed by atoms with E-state index in [1.165, 1.54) is 0 Å². The topological polar surface area (TPSA) is 58.2 Å². The first-order chi connectivity index (χ1) is 7.03. The number of alkyl halides is 1.